The van der Waals surface area contributed by atoms with Crippen molar-refractivity contribution in [3.8, 4) is 0 Å². The molecule has 0 heterocycles. The first-order valence-corrected chi connectivity index (χ1v) is 7.57. The van der Waals surface area contributed by atoms with E-state index in [0.717, 1.165) is 18.6 Å². The lowest BCUT2D eigenvalue weighted by atomic mass is 10.1. The Hall–Kier alpha value is -1.41. The number of hydrogen-bond donors (Lipinski definition) is 3. The molecule has 0 aliphatic rings. The van der Waals surface area contributed by atoms with E-state index >= 15 is 0 Å². The molecule has 4 N–H and O–H groups in total. The van der Waals surface area contributed by atoms with Crippen molar-refractivity contribution >= 4 is 23.4 Å². The van der Waals surface area contributed by atoms with Crippen molar-refractivity contribution in [1.29, 1.82) is 0 Å². The zero-order chi connectivity index (χ0) is 16.0. The van der Waals surface area contributed by atoms with E-state index in [0.29, 0.717) is 11.8 Å². The fourth-order valence-electron chi connectivity index (χ4n) is 1.65. The number of nitrogens with one attached hydrogen (secondary N) is 2. The predicted octanol–water partition coefficient (Wildman–Crippen LogP) is 2.86. The summed E-state index contributed by atoms with van der Waals surface area (Å²) >= 11 is 1.66. The third-order valence-corrected chi connectivity index (χ3v) is 4.02. The minimum Gasteiger partial charge on any atom is -0.352 e. The van der Waals surface area contributed by atoms with Gasteiger partial charge in [-0.3, -0.25) is 10.6 Å². The summed E-state index contributed by atoms with van der Waals surface area (Å²) in [6.45, 7) is 2.43. The van der Waals surface area contributed by atoms with Crippen LogP contribution in [0.2, 0.25) is 0 Å². The van der Waals surface area contributed by atoms with Crippen LogP contribution in [0.5, 0.6) is 0 Å². The summed E-state index contributed by atoms with van der Waals surface area (Å²) in [5.41, 5.74) is 0.705. The summed E-state index contributed by atoms with van der Waals surface area (Å²) in [6, 6.07) is 3.24. The van der Waals surface area contributed by atoms with Crippen molar-refractivity contribution in [1.82, 2.24) is 5.32 Å². The smallest absolute Gasteiger partial charge is 0.352 e. The Morgan fingerprint density at radius 3 is 2.62 bits per heavy atom. The lowest BCUT2D eigenvalue weighted by molar-refractivity contribution is -0.137. The zero-order valence-corrected chi connectivity index (χ0v) is 12.6. The second-order valence-corrected chi connectivity index (χ2v) is 5.77. The van der Waals surface area contributed by atoms with E-state index < -0.39 is 17.6 Å². The third kappa shape index (κ3) is 5.13. The SMILES string of the molecule is CSC(C)CCNC(=O)c1ccc(NN)c(C(F)(F)F)c1. The van der Waals surface area contributed by atoms with Gasteiger partial charge in [0.1, 0.15) is 0 Å². The maximum atomic E-state index is 12.9. The quantitative estimate of drug-likeness (QED) is 0.557. The molecule has 8 heteroatoms. The van der Waals surface area contributed by atoms with Crippen molar-refractivity contribution in [2.45, 2.75) is 24.8 Å². The lowest BCUT2D eigenvalue weighted by Crippen LogP contribution is -2.26. The number of benzene rings is 1. The van der Waals surface area contributed by atoms with Gasteiger partial charge in [-0.25, -0.2) is 0 Å². The molecule has 118 valence electrons. The van der Waals surface area contributed by atoms with Gasteiger partial charge in [0.25, 0.3) is 5.91 Å². The normalized spacial score (nSPS) is 12.9. The van der Waals surface area contributed by atoms with Crippen LogP contribution in [0, 0.1) is 0 Å². The lowest BCUT2D eigenvalue weighted by Gasteiger charge is -2.14. The molecule has 4 nitrogen and oxygen atoms in total. The van der Waals surface area contributed by atoms with Crippen molar-refractivity contribution in [3.63, 3.8) is 0 Å². The number of nitrogen functional groups attached to an aromatic ring is 1. The van der Waals surface area contributed by atoms with E-state index in [2.05, 4.69) is 5.32 Å². The van der Waals surface area contributed by atoms with Crippen LogP contribution in [-0.4, -0.2) is 24.0 Å². The predicted molar refractivity (Wildman–Crippen MR) is 79.2 cm³/mol. The fraction of sp³-hybridized carbons (Fsp3) is 0.462. The van der Waals surface area contributed by atoms with Crippen LogP contribution in [-0.2, 0) is 6.18 Å². The average Bonchev–Trinajstić information content (AvgIpc) is 2.45. The Bertz CT molecular complexity index is 494. The number of rotatable bonds is 6. The second-order valence-electron chi connectivity index (χ2n) is 4.49. The van der Waals surface area contributed by atoms with Gasteiger partial charge in [0.15, 0.2) is 0 Å². The molecule has 0 spiro atoms. The van der Waals surface area contributed by atoms with Crippen LogP contribution in [0.25, 0.3) is 0 Å². The summed E-state index contributed by atoms with van der Waals surface area (Å²) in [4.78, 5) is 11.9. The largest absolute Gasteiger partial charge is 0.418 e. The number of nitrogens with two attached hydrogens (primary N) is 1. The number of amides is 1. The van der Waals surface area contributed by atoms with Gasteiger partial charge in [-0.2, -0.15) is 24.9 Å². The molecule has 21 heavy (non-hydrogen) atoms. The van der Waals surface area contributed by atoms with Crippen molar-refractivity contribution in [3.05, 3.63) is 29.3 Å². The highest BCUT2D eigenvalue weighted by Gasteiger charge is 2.34. The van der Waals surface area contributed by atoms with Crippen LogP contribution in [0.1, 0.15) is 29.3 Å². The van der Waals surface area contributed by atoms with Gasteiger partial charge in [0.05, 0.1) is 11.3 Å². The number of alkyl halides is 3. The van der Waals surface area contributed by atoms with E-state index in [9.17, 15) is 18.0 Å². The van der Waals surface area contributed by atoms with E-state index in [1.165, 1.54) is 6.07 Å². The van der Waals surface area contributed by atoms with Crippen LogP contribution in [0.4, 0.5) is 18.9 Å². The van der Waals surface area contributed by atoms with Crippen LogP contribution in [0.15, 0.2) is 18.2 Å². The highest BCUT2D eigenvalue weighted by atomic mass is 32.2. The molecule has 1 aromatic carbocycles. The number of anilines is 1. The minimum atomic E-state index is -4.58. The molecule has 1 unspecified atom stereocenters. The molecule has 0 aromatic heterocycles. The molecule has 0 radical (unpaired) electrons. The Labute approximate surface area is 125 Å². The molecule has 1 atom stereocenters. The van der Waals surface area contributed by atoms with Gasteiger partial charge >= 0.3 is 6.18 Å². The maximum Gasteiger partial charge on any atom is 0.418 e. The van der Waals surface area contributed by atoms with E-state index in [1.54, 1.807) is 11.8 Å². The number of carbonyl (C=O) groups excluding carboxylic acids is 1. The molecule has 0 aliphatic carbocycles. The average molecular weight is 321 g/mol. The molecule has 0 saturated carbocycles. The van der Waals surface area contributed by atoms with Gasteiger partial charge < -0.3 is 10.7 Å². The van der Waals surface area contributed by atoms with Crippen molar-refractivity contribution in [2.24, 2.45) is 5.84 Å². The van der Waals surface area contributed by atoms with Crippen LogP contribution >= 0.6 is 11.8 Å². The number of carbonyl (C=O) groups is 1. The fourth-order valence-corrected chi connectivity index (χ4v) is 2.01. The number of hydrazine groups is 1. The molecule has 1 rings (SSSR count). The first kappa shape index (κ1) is 17.6. The monoisotopic (exact) mass is 321 g/mol. The van der Waals surface area contributed by atoms with Crippen LogP contribution < -0.4 is 16.6 Å². The molecule has 1 aromatic rings. The first-order chi connectivity index (χ1) is 9.79. The van der Waals surface area contributed by atoms with Gasteiger partial charge in [0, 0.05) is 17.4 Å². The Morgan fingerprint density at radius 1 is 1.43 bits per heavy atom. The molecular weight excluding hydrogens is 303 g/mol. The maximum absolute atomic E-state index is 12.9. The molecule has 0 saturated heterocycles. The number of thioether (sulfide) groups is 1. The summed E-state index contributed by atoms with van der Waals surface area (Å²) in [7, 11) is 0. The summed E-state index contributed by atoms with van der Waals surface area (Å²) < 4.78 is 38.6. The Balaban J connectivity index is 2.82. The summed E-state index contributed by atoms with van der Waals surface area (Å²) in [5.74, 6) is 4.52. The van der Waals surface area contributed by atoms with E-state index in [4.69, 9.17) is 5.84 Å². The molecule has 1 amide bonds. The first-order valence-electron chi connectivity index (χ1n) is 6.28. The van der Waals surface area contributed by atoms with Gasteiger partial charge in [0.2, 0.25) is 0 Å². The molecule has 0 bridgehead atoms. The number of hydrogen-bond acceptors (Lipinski definition) is 4. The molecule has 0 fully saturated rings. The van der Waals surface area contributed by atoms with Crippen LogP contribution in [0.3, 0.4) is 0 Å². The van der Waals surface area contributed by atoms with E-state index in [1.807, 2.05) is 18.6 Å². The highest BCUT2D eigenvalue weighted by Crippen LogP contribution is 2.35. The molecular formula is C13H18F3N3OS. The van der Waals surface area contributed by atoms with Crippen molar-refractivity contribution in [2.75, 3.05) is 18.2 Å². The summed E-state index contributed by atoms with van der Waals surface area (Å²) in [6.07, 6.45) is -1.87. The Morgan fingerprint density at radius 2 is 2.10 bits per heavy atom. The number of halogens is 3. The third-order valence-electron chi connectivity index (χ3n) is 2.98. The molecule has 0 aliphatic heterocycles. The van der Waals surface area contributed by atoms with Gasteiger partial charge in [-0.1, -0.05) is 6.92 Å². The second kappa shape index (κ2) is 7.56. The summed E-state index contributed by atoms with van der Waals surface area (Å²) in [5, 5.41) is 2.98. The van der Waals surface area contributed by atoms with E-state index in [-0.39, 0.29) is 11.3 Å². The van der Waals surface area contributed by atoms with Gasteiger partial charge in [-0.05, 0) is 30.9 Å². The minimum absolute atomic E-state index is 0.0434. The van der Waals surface area contributed by atoms with Gasteiger partial charge in [-0.15, -0.1) is 0 Å². The Kier molecular flexibility index (Phi) is 6.35. The zero-order valence-electron chi connectivity index (χ0n) is 11.8. The standard InChI is InChI=1S/C13H18F3N3OS/c1-8(21-2)5-6-18-12(20)9-3-4-11(19-17)10(7-9)13(14,15)16/h3-4,7-8,19H,5-6,17H2,1-2H3,(H,18,20). The topological polar surface area (TPSA) is 67.2 Å². The van der Waals surface area contributed by atoms with Crippen molar-refractivity contribution < 1.29 is 18.0 Å². The highest BCUT2D eigenvalue weighted by molar-refractivity contribution is 7.99.